The monoisotopic (exact) mass is 712 g/mol. The first-order chi connectivity index (χ1) is 24.5. The molecule has 2 aromatic rings. The molecule has 4 aliphatic carbocycles. The van der Waals surface area contributed by atoms with Gasteiger partial charge in [-0.25, -0.2) is 0 Å². The van der Waals surface area contributed by atoms with Crippen molar-refractivity contribution < 1.29 is 14.3 Å². The highest BCUT2D eigenvalue weighted by Crippen LogP contribution is 2.73. The fourth-order valence-corrected chi connectivity index (χ4v) is 13.8. The van der Waals surface area contributed by atoms with Crippen molar-refractivity contribution in [3.63, 3.8) is 0 Å². The molecule has 3 aliphatic heterocycles. The Morgan fingerprint density at radius 1 is 1.14 bits per heavy atom. The van der Waals surface area contributed by atoms with Crippen molar-refractivity contribution in [3.05, 3.63) is 48.7 Å². The van der Waals surface area contributed by atoms with Crippen molar-refractivity contribution >= 4 is 34.2 Å². The maximum absolute atomic E-state index is 13.5. The number of aromatic nitrogens is 1. The summed E-state index contributed by atoms with van der Waals surface area (Å²) in [5.74, 6) is 3.11. The fraction of sp³-hybridized carbons (Fsp3) is 0.698. The Balaban J connectivity index is 1.06. The molecule has 9 rings (SSSR count). The first-order valence-corrected chi connectivity index (χ1v) is 20.4. The van der Waals surface area contributed by atoms with Gasteiger partial charge in [-0.15, -0.1) is 6.58 Å². The summed E-state index contributed by atoms with van der Waals surface area (Å²) in [4.78, 5) is 20.9. The van der Waals surface area contributed by atoms with Crippen molar-refractivity contribution in [1.29, 1.82) is 0 Å². The van der Waals surface area contributed by atoms with Crippen LogP contribution in [-0.2, 0) is 9.53 Å². The molecule has 4 heterocycles. The van der Waals surface area contributed by atoms with Gasteiger partial charge in [0.25, 0.3) is 0 Å². The minimum atomic E-state index is -0.371. The van der Waals surface area contributed by atoms with Crippen molar-refractivity contribution in [2.24, 2.45) is 45.3 Å². The highest BCUT2D eigenvalue weighted by atomic mass is 32.1. The Kier molecular flexibility index (Phi) is 9.00. The van der Waals surface area contributed by atoms with Crippen molar-refractivity contribution in [2.45, 2.75) is 116 Å². The minimum Gasteiger partial charge on any atom is -0.497 e. The highest BCUT2D eigenvalue weighted by Gasteiger charge is 2.68. The lowest BCUT2D eigenvalue weighted by Crippen LogP contribution is -2.58. The molecule has 51 heavy (non-hydrogen) atoms. The maximum Gasteiger partial charge on any atom is 0.312 e. The van der Waals surface area contributed by atoms with E-state index in [4.69, 9.17) is 26.7 Å². The van der Waals surface area contributed by atoms with Gasteiger partial charge >= 0.3 is 5.97 Å². The van der Waals surface area contributed by atoms with Crippen LogP contribution in [0, 0.1) is 45.3 Å². The number of pyridine rings is 1. The first kappa shape index (κ1) is 35.3. The number of methoxy groups -OCH3 is 1. The zero-order valence-electron chi connectivity index (χ0n) is 31.6. The molecular weight excluding hydrogens is 653 g/mol. The van der Waals surface area contributed by atoms with E-state index < -0.39 is 0 Å². The molecular formula is C43H60N4O3S. The van der Waals surface area contributed by atoms with Crippen molar-refractivity contribution in [3.8, 4) is 5.75 Å². The molecule has 0 radical (unpaired) electrons. The number of piperidine rings is 3. The van der Waals surface area contributed by atoms with E-state index in [2.05, 4.69) is 67.2 Å². The van der Waals surface area contributed by atoms with Crippen LogP contribution in [-0.4, -0.2) is 59.9 Å². The number of thiocarbonyl (C=S) groups is 1. The normalized spacial score (nSPS) is 41.5. The van der Waals surface area contributed by atoms with Crippen LogP contribution < -0.4 is 15.4 Å². The number of rotatable bonds is 8. The topological polar surface area (TPSA) is 75.7 Å². The van der Waals surface area contributed by atoms with E-state index in [1.54, 1.807) is 7.11 Å². The molecule has 1 aromatic heterocycles. The van der Waals surface area contributed by atoms with Crippen molar-refractivity contribution in [2.75, 3.05) is 26.8 Å². The summed E-state index contributed by atoms with van der Waals surface area (Å²) >= 11 is 6.34. The van der Waals surface area contributed by atoms with Gasteiger partial charge in [0.1, 0.15) is 5.75 Å². The van der Waals surface area contributed by atoms with E-state index in [0.717, 1.165) is 67.0 Å². The molecule has 12 atom stereocenters. The first-order valence-electron chi connectivity index (χ1n) is 20.0. The number of fused-ring (bicyclic) bond motifs is 7. The third-order valence-corrected chi connectivity index (χ3v) is 16.1. The molecule has 1 aromatic carbocycles. The van der Waals surface area contributed by atoms with Crippen LogP contribution in [0.2, 0.25) is 0 Å². The summed E-state index contributed by atoms with van der Waals surface area (Å²) in [5, 5.41) is 9.86. The van der Waals surface area contributed by atoms with Gasteiger partial charge in [0.15, 0.2) is 5.11 Å². The van der Waals surface area contributed by atoms with Gasteiger partial charge in [-0.2, -0.15) is 0 Å². The van der Waals surface area contributed by atoms with Crippen LogP contribution >= 0.6 is 12.2 Å². The summed E-state index contributed by atoms with van der Waals surface area (Å²) in [7, 11) is 1.73. The van der Waals surface area contributed by atoms with E-state index in [0.29, 0.717) is 47.8 Å². The second-order valence-corrected chi connectivity index (χ2v) is 18.7. The summed E-state index contributed by atoms with van der Waals surface area (Å²) in [5.41, 5.74) is 2.50. The lowest BCUT2D eigenvalue weighted by atomic mass is 9.40. The fourth-order valence-electron chi connectivity index (χ4n) is 13.5. The lowest BCUT2D eigenvalue weighted by Gasteiger charge is -2.64. The minimum absolute atomic E-state index is 0.0211. The van der Waals surface area contributed by atoms with E-state index in [1.807, 2.05) is 19.2 Å². The number of ether oxygens (including phenoxy) is 2. The van der Waals surface area contributed by atoms with Crippen LogP contribution in [0.3, 0.4) is 0 Å². The average molecular weight is 713 g/mol. The van der Waals surface area contributed by atoms with Gasteiger partial charge in [0.05, 0.1) is 30.7 Å². The van der Waals surface area contributed by atoms with E-state index >= 15 is 0 Å². The maximum atomic E-state index is 13.5. The molecule has 7 nitrogen and oxygen atoms in total. The van der Waals surface area contributed by atoms with Gasteiger partial charge < -0.3 is 20.1 Å². The molecule has 1 unspecified atom stereocenters. The largest absolute Gasteiger partial charge is 0.497 e. The number of hydrogen-bond acceptors (Lipinski definition) is 6. The Hall–Kier alpha value is -2.71. The molecule has 8 heteroatoms. The van der Waals surface area contributed by atoms with Crippen LogP contribution in [0.4, 0.5) is 0 Å². The zero-order chi connectivity index (χ0) is 35.8. The van der Waals surface area contributed by atoms with Gasteiger partial charge in [-0.1, -0.05) is 26.3 Å². The summed E-state index contributed by atoms with van der Waals surface area (Å²) in [6.45, 7) is 16.1. The van der Waals surface area contributed by atoms with Crippen LogP contribution in [0.1, 0.15) is 110 Å². The van der Waals surface area contributed by atoms with Gasteiger partial charge in [-0.05, 0) is 167 Å². The predicted octanol–water partition coefficient (Wildman–Crippen LogP) is 8.38. The number of nitrogens with one attached hydrogen (secondary N) is 2. The van der Waals surface area contributed by atoms with E-state index in [-0.39, 0.29) is 28.3 Å². The average Bonchev–Trinajstić information content (AvgIpc) is 3.33. The Labute approximate surface area is 311 Å². The SMILES string of the molecule is C=C[C@H]1CN2CC[C@H]1C[C@H]2[C@@H](NC(=S)N[C@@H]1C[C@]23CC[C@H]4[C@@](C)(CCC[C@@]4(C)C(=O)OCC)[C@@H]2CC[C@@]1(C)C3)c1ccnc2ccc(OC)cc12. The molecule has 0 amide bonds. The number of carbonyl (C=O) groups excluding carboxylic acids is 1. The molecule has 4 saturated carbocycles. The molecule has 1 spiro atoms. The molecule has 2 N–H and O–H groups in total. The molecule has 3 saturated heterocycles. The third-order valence-electron chi connectivity index (χ3n) is 15.8. The lowest BCUT2D eigenvalue weighted by molar-refractivity contribution is -0.187. The second kappa shape index (κ2) is 13.0. The molecule has 7 aliphatic rings. The number of hydrogen-bond donors (Lipinski definition) is 2. The molecule has 4 bridgehead atoms. The van der Waals surface area contributed by atoms with Gasteiger partial charge in [-0.3, -0.25) is 14.7 Å². The van der Waals surface area contributed by atoms with Crippen LogP contribution in [0.15, 0.2) is 43.1 Å². The Bertz CT molecular complexity index is 1700. The van der Waals surface area contributed by atoms with E-state index in [9.17, 15) is 4.79 Å². The van der Waals surface area contributed by atoms with E-state index in [1.165, 1.54) is 44.1 Å². The van der Waals surface area contributed by atoms with Crippen LogP contribution in [0.5, 0.6) is 5.75 Å². The van der Waals surface area contributed by atoms with Gasteiger partial charge in [0.2, 0.25) is 0 Å². The third kappa shape index (κ3) is 5.63. The Morgan fingerprint density at radius 3 is 2.71 bits per heavy atom. The molecule has 7 fully saturated rings. The number of carbonyl (C=O) groups is 1. The summed E-state index contributed by atoms with van der Waals surface area (Å²) in [6.07, 6.45) is 17.0. The quantitative estimate of drug-likeness (QED) is 0.161. The summed E-state index contributed by atoms with van der Waals surface area (Å²) < 4.78 is 11.4. The molecule has 276 valence electrons. The van der Waals surface area contributed by atoms with Crippen molar-refractivity contribution in [1.82, 2.24) is 20.5 Å². The summed E-state index contributed by atoms with van der Waals surface area (Å²) in [6, 6.07) is 9.07. The highest BCUT2D eigenvalue weighted by molar-refractivity contribution is 7.80. The van der Waals surface area contributed by atoms with Crippen LogP contribution in [0.25, 0.3) is 10.9 Å². The number of benzene rings is 1. The Morgan fingerprint density at radius 2 is 1.96 bits per heavy atom. The zero-order valence-corrected chi connectivity index (χ0v) is 32.5. The second-order valence-electron chi connectivity index (χ2n) is 18.3. The van der Waals surface area contributed by atoms with Gasteiger partial charge in [0, 0.05) is 30.2 Å². The number of esters is 1. The predicted molar refractivity (Wildman–Crippen MR) is 207 cm³/mol. The standard InChI is InChI=1S/C43H60N4O3S/c1-7-27-25-47-21-15-28(27)22-33(47)37(30-14-20-44-32-11-10-29(49-6)23-31(30)32)46-39(51)45-36-24-43-19-13-34-41(4,35(43)12-18-40(36,3)26-43)16-9-17-42(34,5)38(48)50-8-2/h7,10-11,14,20,23,27-28,33-37H,1,8-9,12-13,15-19,21-22,24-26H2,2-6H3,(H2,45,46,51)/t27-,28-,33-,34-,35-,36+,37-,40-,41+,42+,43-/m0/s1. The smallest absolute Gasteiger partial charge is 0.312 e. The number of nitrogens with zero attached hydrogens (tertiary/aromatic N) is 2.